The van der Waals surface area contributed by atoms with Gasteiger partial charge in [-0.15, -0.1) is 0 Å². The van der Waals surface area contributed by atoms with Crippen LogP contribution in [-0.2, 0) is 13.0 Å². The molecule has 2 nitrogen and oxygen atoms in total. The van der Waals surface area contributed by atoms with Gasteiger partial charge in [-0.1, -0.05) is 71.4 Å². The Morgan fingerprint density at radius 2 is 1.89 bits per heavy atom. The van der Waals surface area contributed by atoms with Crippen LogP contribution in [0.5, 0.6) is 0 Å². The number of nitrogens with one attached hydrogen (secondary N) is 1. The molecule has 0 unspecified atom stereocenters. The largest absolute Gasteiger partial charge is 0.357 e. The van der Waals surface area contributed by atoms with E-state index in [1.165, 1.54) is 38.5 Å². The number of rotatable bonds is 3. The molecule has 5 rings (SSSR count). The number of fused-ring (bicyclic) bond motifs is 4. The highest BCUT2D eigenvalue weighted by Gasteiger charge is 2.29. The van der Waals surface area contributed by atoms with E-state index in [9.17, 15) is 0 Å². The number of benzene rings is 3. The lowest BCUT2D eigenvalue weighted by Gasteiger charge is -2.35. The fourth-order valence-electron chi connectivity index (χ4n) is 4.70. The summed E-state index contributed by atoms with van der Waals surface area (Å²) in [5, 5.41) is 4.09. The van der Waals surface area contributed by atoms with E-state index < -0.39 is 0 Å². The Balaban J connectivity index is 1.54. The topological polar surface area (TPSA) is 19.0 Å². The Bertz CT molecular complexity index is 1120. The highest BCUT2D eigenvalue weighted by molar-refractivity contribution is 9.10. The Labute approximate surface area is 168 Å². The van der Waals surface area contributed by atoms with Gasteiger partial charge in [-0.3, -0.25) is 4.90 Å². The van der Waals surface area contributed by atoms with Crippen molar-refractivity contribution in [2.75, 3.05) is 6.54 Å². The fraction of sp³-hybridized carbons (Fsp3) is 0.250. The zero-order valence-electron chi connectivity index (χ0n) is 15.5. The van der Waals surface area contributed by atoms with Crippen molar-refractivity contribution in [2.24, 2.45) is 0 Å². The lowest BCUT2D eigenvalue weighted by Crippen LogP contribution is -2.34. The van der Waals surface area contributed by atoms with Crippen molar-refractivity contribution >= 4 is 37.6 Å². The summed E-state index contributed by atoms with van der Waals surface area (Å²) in [6.07, 6.45) is 2.23. The maximum Gasteiger partial charge on any atom is 0.0502 e. The molecule has 0 bridgehead atoms. The first-order chi connectivity index (χ1) is 13.2. The van der Waals surface area contributed by atoms with Gasteiger partial charge in [0, 0.05) is 34.2 Å². The zero-order chi connectivity index (χ0) is 18.4. The van der Waals surface area contributed by atoms with Crippen LogP contribution in [0.1, 0.15) is 36.2 Å². The van der Waals surface area contributed by atoms with E-state index in [0.717, 1.165) is 30.4 Å². The Morgan fingerprint density at radius 1 is 1.04 bits per heavy atom. The number of aromatic nitrogens is 1. The molecule has 0 fully saturated rings. The molecular weight excluding hydrogens is 396 g/mol. The molecule has 0 amide bonds. The minimum absolute atomic E-state index is 0.443. The molecule has 0 saturated heterocycles. The summed E-state index contributed by atoms with van der Waals surface area (Å²) in [6.45, 7) is 4.41. The van der Waals surface area contributed by atoms with Crippen LogP contribution in [0.3, 0.4) is 0 Å². The number of hydrogen-bond acceptors (Lipinski definition) is 1. The van der Waals surface area contributed by atoms with Gasteiger partial charge in [0.1, 0.15) is 0 Å². The van der Waals surface area contributed by atoms with Crippen molar-refractivity contribution in [3.05, 3.63) is 82.0 Å². The molecule has 0 radical (unpaired) electrons. The van der Waals surface area contributed by atoms with Gasteiger partial charge in [-0.05, 0) is 46.9 Å². The van der Waals surface area contributed by atoms with Gasteiger partial charge in [0.15, 0.2) is 0 Å². The van der Waals surface area contributed by atoms with Gasteiger partial charge in [-0.2, -0.15) is 0 Å². The molecule has 1 aliphatic rings. The van der Waals surface area contributed by atoms with Gasteiger partial charge >= 0.3 is 0 Å². The van der Waals surface area contributed by atoms with Gasteiger partial charge in [-0.25, -0.2) is 0 Å². The first-order valence-corrected chi connectivity index (χ1v) is 10.5. The first kappa shape index (κ1) is 17.0. The van der Waals surface area contributed by atoms with Crippen LogP contribution in [0.25, 0.3) is 21.7 Å². The Hall–Kier alpha value is -2.10. The van der Waals surface area contributed by atoms with Crippen LogP contribution in [0.15, 0.2) is 65.1 Å². The maximum absolute atomic E-state index is 3.74. The van der Waals surface area contributed by atoms with E-state index >= 15 is 0 Å². The van der Waals surface area contributed by atoms with E-state index in [0.29, 0.717) is 6.04 Å². The predicted molar refractivity (Wildman–Crippen MR) is 117 cm³/mol. The van der Waals surface area contributed by atoms with E-state index in [-0.39, 0.29) is 0 Å². The molecule has 0 saturated carbocycles. The number of hydrogen-bond donors (Lipinski definition) is 1. The van der Waals surface area contributed by atoms with Crippen molar-refractivity contribution in [3.63, 3.8) is 0 Å². The molecule has 27 heavy (non-hydrogen) atoms. The third-order valence-corrected chi connectivity index (χ3v) is 6.46. The van der Waals surface area contributed by atoms with E-state index in [1.807, 2.05) is 0 Å². The van der Waals surface area contributed by atoms with Crippen molar-refractivity contribution in [1.29, 1.82) is 0 Å². The van der Waals surface area contributed by atoms with Gasteiger partial charge in [0.25, 0.3) is 0 Å². The predicted octanol–water partition coefficient (Wildman–Crippen LogP) is 6.59. The standard InChI is InChI=1S/C24H23BrN2/c1-2-23-24-21(20-11-10-18(25)14-22(20)26-24)12-13-27(23)15-17-8-5-7-16-6-3-4-9-19(16)17/h3-11,14,23,26H,2,12-13,15H2,1H3/t23-/m1/s1. The van der Waals surface area contributed by atoms with Crippen LogP contribution in [0.4, 0.5) is 0 Å². The third-order valence-electron chi connectivity index (χ3n) is 5.96. The number of halogens is 1. The summed E-state index contributed by atoms with van der Waals surface area (Å²) in [5.74, 6) is 0. The summed E-state index contributed by atoms with van der Waals surface area (Å²) >= 11 is 3.61. The molecule has 1 aliphatic heterocycles. The van der Waals surface area contributed by atoms with Crippen LogP contribution in [0.2, 0.25) is 0 Å². The van der Waals surface area contributed by atoms with E-state index in [1.54, 1.807) is 0 Å². The smallest absolute Gasteiger partial charge is 0.0502 e. The van der Waals surface area contributed by atoms with Gasteiger partial charge in [0.2, 0.25) is 0 Å². The van der Waals surface area contributed by atoms with Crippen LogP contribution >= 0.6 is 15.9 Å². The minimum Gasteiger partial charge on any atom is -0.357 e. The molecule has 0 spiro atoms. The van der Waals surface area contributed by atoms with Crippen molar-refractivity contribution in [3.8, 4) is 0 Å². The summed E-state index contributed by atoms with van der Waals surface area (Å²) in [6, 6.07) is 22.5. The molecule has 3 aromatic carbocycles. The highest BCUT2D eigenvalue weighted by Crippen LogP contribution is 2.38. The fourth-order valence-corrected chi connectivity index (χ4v) is 5.06. The van der Waals surface area contributed by atoms with Crippen LogP contribution < -0.4 is 0 Å². The number of H-pyrrole nitrogens is 1. The summed E-state index contributed by atoms with van der Waals surface area (Å²) in [5.41, 5.74) is 5.60. The molecular formula is C24H23BrN2. The quantitative estimate of drug-likeness (QED) is 0.397. The lowest BCUT2D eigenvalue weighted by molar-refractivity contribution is 0.169. The summed E-state index contributed by atoms with van der Waals surface area (Å²) < 4.78 is 1.13. The molecule has 1 aromatic heterocycles. The molecule has 3 heteroatoms. The third kappa shape index (κ3) is 2.90. The van der Waals surface area contributed by atoms with Crippen molar-refractivity contribution in [1.82, 2.24) is 9.88 Å². The maximum atomic E-state index is 3.74. The van der Waals surface area contributed by atoms with Crippen LogP contribution in [-0.4, -0.2) is 16.4 Å². The van der Waals surface area contributed by atoms with Crippen molar-refractivity contribution in [2.45, 2.75) is 32.4 Å². The van der Waals surface area contributed by atoms with Crippen molar-refractivity contribution < 1.29 is 0 Å². The SMILES string of the molecule is CC[C@@H]1c2[nH]c3cc(Br)ccc3c2CCN1Cc1cccc2ccccc12. The lowest BCUT2D eigenvalue weighted by atomic mass is 9.94. The Morgan fingerprint density at radius 3 is 2.78 bits per heavy atom. The first-order valence-electron chi connectivity index (χ1n) is 9.75. The van der Waals surface area contributed by atoms with Gasteiger partial charge < -0.3 is 4.98 Å². The van der Waals surface area contributed by atoms with E-state index in [4.69, 9.17) is 0 Å². The molecule has 1 N–H and O–H groups in total. The number of nitrogens with zero attached hydrogens (tertiary/aromatic N) is 1. The highest BCUT2D eigenvalue weighted by atomic mass is 79.9. The molecule has 2 heterocycles. The Kier molecular flexibility index (Phi) is 4.30. The number of aromatic amines is 1. The summed E-state index contributed by atoms with van der Waals surface area (Å²) in [4.78, 5) is 6.39. The van der Waals surface area contributed by atoms with E-state index in [2.05, 4.69) is 93.4 Å². The van der Waals surface area contributed by atoms with Crippen LogP contribution in [0, 0.1) is 0 Å². The second kappa shape index (κ2) is 6.81. The molecule has 1 atom stereocenters. The average molecular weight is 419 g/mol. The normalized spacial score (nSPS) is 17.5. The summed E-state index contributed by atoms with van der Waals surface area (Å²) in [7, 11) is 0. The second-order valence-electron chi connectivity index (χ2n) is 7.49. The zero-order valence-corrected chi connectivity index (χ0v) is 17.1. The average Bonchev–Trinajstić information content (AvgIpc) is 3.05. The minimum atomic E-state index is 0.443. The molecule has 136 valence electrons. The molecule has 0 aliphatic carbocycles. The molecule has 4 aromatic rings. The second-order valence-corrected chi connectivity index (χ2v) is 8.41. The van der Waals surface area contributed by atoms with Gasteiger partial charge in [0.05, 0.1) is 6.04 Å². The monoisotopic (exact) mass is 418 g/mol.